The van der Waals surface area contributed by atoms with Crippen molar-refractivity contribution < 1.29 is 4.79 Å². The Morgan fingerprint density at radius 2 is 2.11 bits per heavy atom. The second-order valence-electron chi connectivity index (χ2n) is 4.41. The van der Waals surface area contributed by atoms with Gasteiger partial charge >= 0.3 is 0 Å². The SMILES string of the molecule is CCCC(=O)NCc1cc(-c2ccncc2)n(C)n1. The van der Waals surface area contributed by atoms with Crippen molar-refractivity contribution in [1.82, 2.24) is 20.1 Å². The topological polar surface area (TPSA) is 59.8 Å². The third-order valence-corrected chi connectivity index (χ3v) is 2.85. The predicted octanol–water partition coefficient (Wildman–Crippen LogP) is 1.90. The van der Waals surface area contributed by atoms with Crippen LogP contribution in [-0.4, -0.2) is 20.7 Å². The number of hydrogen-bond donors (Lipinski definition) is 1. The quantitative estimate of drug-likeness (QED) is 0.891. The van der Waals surface area contributed by atoms with Crippen LogP contribution in [0.5, 0.6) is 0 Å². The zero-order valence-corrected chi connectivity index (χ0v) is 11.3. The van der Waals surface area contributed by atoms with E-state index in [1.165, 1.54) is 0 Å². The van der Waals surface area contributed by atoms with E-state index in [4.69, 9.17) is 0 Å². The highest BCUT2D eigenvalue weighted by Gasteiger charge is 2.08. The van der Waals surface area contributed by atoms with Crippen molar-refractivity contribution >= 4 is 5.91 Å². The molecule has 0 aliphatic heterocycles. The average molecular weight is 258 g/mol. The Kier molecular flexibility index (Phi) is 4.28. The van der Waals surface area contributed by atoms with E-state index < -0.39 is 0 Å². The van der Waals surface area contributed by atoms with Crippen LogP contribution in [0, 0.1) is 0 Å². The van der Waals surface area contributed by atoms with E-state index in [-0.39, 0.29) is 5.91 Å². The van der Waals surface area contributed by atoms with E-state index in [9.17, 15) is 4.79 Å². The number of carbonyl (C=O) groups excluding carboxylic acids is 1. The minimum absolute atomic E-state index is 0.0682. The van der Waals surface area contributed by atoms with Crippen LogP contribution in [0.4, 0.5) is 0 Å². The fourth-order valence-corrected chi connectivity index (χ4v) is 1.91. The minimum Gasteiger partial charge on any atom is -0.350 e. The standard InChI is InChI=1S/C14H18N4O/c1-3-4-14(19)16-10-12-9-13(18(2)17-12)11-5-7-15-8-6-11/h5-9H,3-4,10H2,1-2H3,(H,16,19). The third-order valence-electron chi connectivity index (χ3n) is 2.85. The number of rotatable bonds is 5. The lowest BCUT2D eigenvalue weighted by Gasteiger charge is -2.00. The smallest absolute Gasteiger partial charge is 0.220 e. The molecule has 2 aromatic heterocycles. The number of hydrogen-bond acceptors (Lipinski definition) is 3. The fraction of sp³-hybridized carbons (Fsp3) is 0.357. The number of pyridine rings is 1. The maximum Gasteiger partial charge on any atom is 0.220 e. The zero-order valence-electron chi connectivity index (χ0n) is 11.3. The van der Waals surface area contributed by atoms with Gasteiger partial charge in [0.2, 0.25) is 5.91 Å². The van der Waals surface area contributed by atoms with Crippen molar-refractivity contribution in [1.29, 1.82) is 0 Å². The van der Waals surface area contributed by atoms with Crippen molar-refractivity contribution in [2.45, 2.75) is 26.3 Å². The summed E-state index contributed by atoms with van der Waals surface area (Å²) in [5, 5.41) is 7.27. The molecule has 0 radical (unpaired) electrons. The van der Waals surface area contributed by atoms with Crippen LogP contribution in [0.15, 0.2) is 30.6 Å². The van der Waals surface area contributed by atoms with E-state index in [0.717, 1.165) is 23.4 Å². The summed E-state index contributed by atoms with van der Waals surface area (Å²) in [6.45, 7) is 2.46. The molecule has 0 aliphatic carbocycles. The summed E-state index contributed by atoms with van der Waals surface area (Å²) in [5.74, 6) is 0.0682. The molecule has 0 bridgehead atoms. The summed E-state index contributed by atoms with van der Waals surface area (Å²) in [6.07, 6.45) is 4.93. The van der Waals surface area contributed by atoms with Crippen LogP contribution in [0.2, 0.25) is 0 Å². The van der Waals surface area contributed by atoms with Gasteiger partial charge in [-0.05, 0) is 24.6 Å². The van der Waals surface area contributed by atoms with Crippen LogP contribution in [0.1, 0.15) is 25.5 Å². The molecule has 0 aromatic carbocycles. The van der Waals surface area contributed by atoms with Gasteiger partial charge in [0.25, 0.3) is 0 Å². The van der Waals surface area contributed by atoms with Gasteiger partial charge in [0, 0.05) is 31.4 Å². The van der Waals surface area contributed by atoms with Crippen LogP contribution < -0.4 is 5.32 Å². The number of nitrogens with zero attached hydrogens (tertiary/aromatic N) is 3. The van der Waals surface area contributed by atoms with Crippen LogP contribution >= 0.6 is 0 Å². The van der Waals surface area contributed by atoms with Gasteiger partial charge in [-0.25, -0.2) is 0 Å². The lowest BCUT2D eigenvalue weighted by atomic mass is 10.2. The first kappa shape index (κ1) is 13.3. The highest BCUT2D eigenvalue weighted by Crippen LogP contribution is 2.18. The minimum atomic E-state index is 0.0682. The maximum atomic E-state index is 11.4. The summed E-state index contributed by atoms with van der Waals surface area (Å²) >= 11 is 0. The van der Waals surface area contributed by atoms with Gasteiger partial charge in [-0.3, -0.25) is 14.5 Å². The molecule has 0 fully saturated rings. The number of aryl methyl sites for hydroxylation is 1. The first-order valence-corrected chi connectivity index (χ1v) is 6.40. The molecule has 5 nitrogen and oxygen atoms in total. The Morgan fingerprint density at radius 1 is 1.37 bits per heavy atom. The van der Waals surface area contributed by atoms with Crippen molar-refractivity contribution in [2.75, 3.05) is 0 Å². The highest BCUT2D eigenvalue weighted by molar-refractivity contribution is 5.75. The lowest BCUT2D eigenvalue weighted by Crippen LogP contribution is -2.22. The predicted molar refractivity (Wildman–Crippen MR) is 73.2 cm³/mol. The molecule has 1 N–H and O–H groups in total. The van der Waals surface area contributed by atoms with Gasteiger partial charge in [0.15, 0.2) is 0 Å². The Bertz CT molecular complexity index is 548. The lowest BCUT2D eigenvalue weighted by molar-refractivity contribution is -0.121. The molecule has 100 valence electrons. The summed E-state index contributed by atoms with van der Waals surface area (Å²) < 4.78 is 1.82. The zero-order chi connectivity index (χ0) is 13.7. The average Bonchev–Trinajstić information content (AvgIpc) is 2.79. The molecule has 5 heteroatoms. The van der Waals surface area contributed by atoms with Gasteiger partial charge < -0.3 is 5.32 Å². The second kappa shape index (κ2) is 6.13. The monoisotopic (exact) mass is 258 g/mol. The molecule has 19 heavy (non-hydrogen) atoms. The fourth-order valence-electron chi connectivity index (χ4n) is 1.91. The summed E-state index contributed by atoms with van der Waals surface area (Å²) in [6, 6.07) is 5.87. The molecule has 2 aromatic rings. The molecule has 0 unspecified atom stereocenters. The van der Waals surface area contributed by atoms with Crippen LogP contribution in [0.25, 0.3) is 11.3 Å². The summed E-state index contributed by atoms with van der Waals surface area (Å²) in [4.78, 5) is 15.4. The van der Waals surface area contributed by atoms with Gasteiger partial charge in [-0.2, -0.15) is 5.10 Å². The Labute approximate surface area is 112 Å². The maximum absolute atomic E-state index is 11.4. The molecule has 2 rings (SSSR count). The normalized spacial score (nSPS) is 10.4. The molecular weight excluding hydrogens is 240 g/mol. The first-order chi connectivity index (χ1) is 9.20. The second-order valence-corrected chi connectivity index (χ2v) is 4.41. The molecule has 0 saturated carbocycles. The van der Waals surface area contributed by atoms with Crippen molar-refractivity contribution in [3.63, 3.8) is 0 Å². The van der Waals surface area contributed by atoms with Crippen LogP contribution in [0.3, 0.4) is 0 Å². The molecule has 0 saturated heterocycles. The van der Waals surface area contributed by atoms with Gasteiger partial charge in [-0.1, -0.05) is 6.92 Å². The van der Waals surface area contributed by atoms with E-state index in [1.807, 2.05) is 36.9 Å². The van der Waals surface area contributed by atoms with Gasteiger partial charge in [-0.15, -0.1) is 0 Å². The van der Waals surface area contributed by atoms with Gasteiger partial charge in [0.05, 0.1) is 17.9 Å². The molecule has 0 spiro atoms. The molecule has 0 atom stereocenters. The van der Waals surface area contributed by atoms with E-state index in [1.54, 1.807) is 12.4 Å². The Balaban J connectivity index is 2.07. The van der Waals surface area contributed by atoms with E-state index in [2.05, 4.69) is 15.4 Å². The summed E-state index contributed by atoms with van der Waals surface area (Å²) in [5.41, 5.74) is 2.94. The first-order valence-electron chi connectivity index (χ1n) is 6.40. The van der Waals surface area contributed by atoms with E-state index >= 15 is 0 Å². The van der Waals surface area contributed by atoms with E-state index in [0.29, 0.717) is 13.0 Å². The number of carbonyl (C=O) groups is 1. The molecular formula is C14H18N4O. The molecule has 0 aliphatic rings. The molecule has 2 heterocycles. The number of aromatic nitrogens is 3. The Hall–Kier alpha value is -2.17. The Morgan fingerprint density at radius 3 is 2.79 bits per heavy atom. The van der Waals surface area contributed by atoms with Crippen molar-refractivity contribution in [3.8, 4) is 11.3 Å². The highest BCUT2D eigenvalue weighted by atomic mass is 16.1. The van der Waals surface area contributed by atoms with Crippen molar-refractivity contribution in [2.24, 2.45) is 7.05 Å². The summed E-state index contributed by atoms with van der Waals surface area (Å²) in [7, 11) is 1.90. The molecule has 1 amide bonds. The van der Waals surface area contributed by atoms with Crippen molar-refractivity contribution in [3.05, 3.63) is 36.3 Å². The van der Waals surface area contributed by atoms with Crippen LogP contribution in [-0.2, 0) is 18.4 Å². The largest absolute Gasteiger partial charge is 0.350 e. The van der Waals surface area contributed by atoms with Gasteiger partial charge in [0.1, 0.15) is 0 Å². The number of amides is 1. The third kappa shape index (κ3) is 3.40. The number of nitrogens with one attached hydrogen (secondary N) is 1.